The fourth-order valence-corrected chi connectivity index (χ4v) is 3.37. The number of benzene rings is 1. The highest BCUT2D eigenvalue weighted by atomic mass is 32.1. The van der Waals surface area contributed by atoms with Gasteiger partial charge < -0.3 is 4.74 Å². The van der Waals surface area contributed by atoms with Crippen molar-refractivity contribution in [3.05, 3.63) is 63.0 Å². The Morgan fingerprint density at radius 2 is 2.04 bits per heavy atom. The molecule has 0 saturated carbocycles. The van der Waals surface area contributed by atoms with E-state index in [9.17, 15) is 9.59 Å². The topological polar surface area (TPSA) is 61.2 Å². The summed E-state index contributed by atoms with van der Waals surface area (Å²) < 4.78 is 6.78. The summed E-state index contributed by atoms with van der Waals surface area (Å²) in [5, 5.41) is 2.00. The van der Waals surface area contributed by atoms with Gasteiger partial charge in [-0.05, 0) is 18.9 Å². The number of thiophene rings is 1. The van der Waals surface area contributed by atoms with Crippen LogP contribution in [0.1, 0.15) is 41.3 Å². The molecule has 0 unspecified atom stereocenters. The number of unbranched alkanes of at least 4 members (excludes halogenated alkanes) is 1. The number of hydrogen-bond donors (Lipinski definition) is 0. The predicted molar refractivity (Wildman–Crippen MR) is 99.4 cm³/mol. The van der Waals surface area contributed by atoms with Gasteiger partial charge >= 0.3 is 5.97 Å². The highest BCUT2D eigenvalue weighted by Crippen LogP contribution is 2.22. The van der Waals surface area contributed by atoms with Crippen LogP contribution >= 0.6 is 11.3 Å². The second-order valence-electron chi connectivity index (χ2n) is 5.98. The van der Waals surface area contributed by atoms with Crippen LogP contribution in [-0.4, -0.2) is 22.1 Å². The minimum atomic E-state index is -0.452. The van der Waals surface area contributed by atoms with E-state index in [2.05, 4.69) is 4.98 Å². The summed E-state index contributed by atoms with van der Waals surface area (Å²) in [7, 11) is 0. The average molecular weight is 356 g/mol. The standard InChI is InChI=1S/C19H20N2O3S/c1-3-4-9-24-19(23)15-11-25-17-16(15)18(22)21(12-20-17)10-14-7-5-13(2)6-8-14/h5-8,11-12H,3-4,9-10H2,1-2H3. The van der Waals surface area contributed by atoms with Gasteiger partial charge in [0.05, 0.1) is 30.4 Å². The third-order valence-electron chi connectivity index (χ3n) is 3.99. The van der Waals surface area contributed by atoms with Crippen LogP contribution in [0.4, 0.5) is 0 Å². The maximum atomic E-state index is 12.8. The van der Waals surface area contributed by atoms with Crippen molar-refractivity contribution in [2.24, 2.45) is 0 Å². The van der Waals surface area contributed by atoms with Crippen LogP contribution in [0.25, 0.3) is 10.2 Å². The fourth-order valence-electron chi connectivity index (χ4n) is 2.51. The lowest BCUT2D eigenvalue weighted by atomic mass is 10.1. The first-order valence-electron chi connectivity index (χ1n) is 8.29. The molecule has 0 saturated heterocycles. The zero-order chi connectivity index (χ0) is 17.8. The number of carbonyl (C=O) groups excluding carboxylic acids is 1. The van der Waals surface area contributed by atoms with Crippen LogP contribution in [0.3, 0.4) is 0 Å². The molecule has 2 aromatic heterocycles. The third kappa shape index (κ3) is 3.79. The zero-order valence-electron chi connectivity index (χ0n) is 14.3. The van der Waals surface area contributed by atoms with Crippen molar-refractivity contribution in [3.8, 4) is 0 Å². The molecule has 2 heterocycles. The maximum Gasteiger partial charge on any atom is 0.339 e. The van der Waals surface area contributed by atoms with Crippen molar-refractivity contribution in [3.63, 3.8) is 0 Å². The van der Waals surface area contributed by atoms with E-state index in [1.807, 2.05) is 38.1 Å². The van der Waals surface area contributed by atoms with Gasteiger partial charge in [0.25, 0.3) is 5.56 Å². The molecule has 0 aliphatic heterocycles. The van der Waals surface area contributed by atoms with E-state index in [1.165, 1.54) is 27.8 Å². The Hall–Kier alpha value is -2.47. The molecule has 3 rings (SSSR count). The normalized spacial score (nSPS) is 11.0. The van der Waals surface area contributed by atoms with E-state index in [0.29, 0.717) is 28.9 Å². The SMILES string of the molecule is CCCCOC(=O)c1csc2ncn(Cc3ccc(C)cc3)c(=O)c12. The van der Waals surface area contributed by atoms with Crippen LogP contribution < -0.4 is 5.56 Å². The second-order valence-corrected chi connectivity index (χ2v) is 6.84. The van der Waals surface area contributed by atoms with Crippen molar-refractivity contribution in [2.75, 3.05) is 6.61 Å². The van der Waals surface area contributed by atoms with E-state index in [-0.39, 0.29) is 5.56 Å². The summed E-state index contributed by atoms with van der Waals surface area (Å²) in [6.07, 6.45) is 3.29. The Labute approximate surface area is 149 Å². The molecule has 0 aliphatic rings. The molecular formula is C19H20N2O3S. The van der Waals surface area contributed by atoms with Gasteiger partial charge in [0.15, 0.2) is 0 Å². The molecular weight excluding hydrogens is 336 g/mol. The molecule has 25 heavy (non-hydrogen) atoms. The second kappa shape index (κ2) is 7.61. The molecule has 0 fully saturated rings. The molecule has 3 aromatic rings. The van der Waals surface area contributed by atoms with Crippen molar-refractivity contribution >= 4 is 27.5 Å². The van der Waals surface area contributed by atoms with Gasteiger partial charge in [-0.3, -0.25) is 9.36 Å². The average Bonchev–Trinajstić information content (AvgIpc) is 3.04. The summed E-state index contributed by atoms with van der Waals surface area (Å²) in [4.78, 5) is 30.0. The number of ether oxygens (including phenoxy) is 1. The van der Waals surface area contributed by atoms with E-state index in [0.717, 1.165) is 18.4 Å². The maximum absolute atomic E-state index is 12.8. The number of nitrogens with zero attached hydrogens (tertiary/aromatic N) is 2. The van der Waals surface area contributed by atoms with Crippen LogP contribution in [0.5, 0.6) is 0 Å². The molecule has 1 aromatic carbocycles. The predicted octanol–water partition coefficient (Wildman–Crippen LogP) is 3.77. The summed E-state index contributed by atoms with van der Waals surface area (Å²) in [5.41, 5.74) is 2.27. The van der Waals surface area contributed by atoms with Gasteiger partial charge in [-0.25, -0.2) is 9.78 Å². The van der Waals surface area contributed by atoms with Crippen molar-refractivity contribution < 1.29 is 9.53 Å². The van der Waals surface area contributed by atoms with Gasteiger partial charge in [-0.15, -0.1) is 11.3 Å². The number of aromatic nitrogens is 2. The number of esters is 1. The Morgan fingerprint density at radius 1 is 1.28 bits per heavy atom. The van der Waals surface area contributed by atoms with Gasteiger partial charge in [-0.1, -0.05) is 43.2 Å². The van der Waals surface area contributed by atoms with Gasteiger partial charge in [-0.2, -0.15) is 0 Å². The zero-order valence-corrected chi connectivity index (χ0v) is 15.1. The van der Waals surface area contributed by atoms with Crippen molar-refractivity contribution in [1.29, 1.82) is 0 Å². The number of fused-ring (bicyclic) bond motifs is 1. The summed E-state index contributed by atoms with van der Waals surface area (Å²) in [5.74, 6) is -0.452. The first-order valence-corrected chi connectivity index (χ1v) is 9.17. The van der Waals surface area contributed by atoms with Crippen LogP contribution in [0, 0.1) is 6.92 Å². The molecule has 0 aliphatic carbocycles. The highest BCUT2D eigenvalue weighted by molar-refractivity contribution is 7.17. The molecule has 130 valence electrons. The number of carbonyl (C=O) groups is 1. The minimum absolute atomic E-state index is 0.214. The van der Waals surface area contributed by atoms with E-state index < -0.39 is 5.97 Å². The molecule has 0 atom stereocenters. The Kier molecular flexibility index (Phi) is 5.28. The fraction of sp³-hybridized carbons (Fsp3) is 0.316. The molecule has 5 nitrogen and oxygen atoms in total. The molecule has 0 spiro atoms. The molecule has 0 radical (unpaired) electrons. The highest BCUT2D eigenvalue weighted by Gasteiger charge is 2.18. The van der Waals surface area contributed by atoms with Gasteiger partial charge in [0.2, 0.25) is 0 Å². The first-order chi connectivity index (χ1) is 12.1. The molecule has 0 amide bonds. The van der Waals surface area contributed by atoms with Crippen LogP contribution in [-0.2, 0) is 11.3 Å². The van der Waals surface area contributed by atoms with E-state index in [1.54, 1.807) is 5.38 Å². The lowest BCUT2D eigenvalue weighted by molar-refractivity contribution is 0.0502. The number of aryl methyl sites for hydroxylation is 1. The largest absolute Gasteiger partial charge is 0.462 e. The molecule has 0 bridgehead atoms. The smallest absolute Gasteiger partial charge is 0.339 e. The third-order valence-corrected chi connectivity index (χ3v) is 4.87. The Morgan fingerprint density at radius 3 is 2.76 bits per heavy atom. The van der Waals surface area contributed by atoms with Crippen molar-refractivity contribution in [2.45, 2.75) is 33.2 Å². The number of rotatable bonds is 6. The monoisotopic (exact) mass is 356 g/mol. The lowest BCUT2D eigenvalue weighted by Crippen LogP contribution is -2.22. The molecule has 0 N–H and O–H groups in total. The van der Waals surface area contributed by atoms with Crippen molar-refractivity contribution in [1.82, 2.24) is 9.55 Å². The van der Waals surface area contributed by atoms with Gasteiger partial charge in [0, 0.05) is 5.38 Å². The van der Waals surface area contributed by atoms with E-state index >= 15 is 0 Å². The summed E-state index contributed by atoms with van der Waals surface area (Å²) in [6, 6.07) is 7.99. The number of hydrogen-bond acceptors (Lipinski definition) is 5. The summed E-state index contributed by atoms with van der Waals surface area (Å²) >= 11 is 1.29. The Balaban J connectivity index is 1.93. The molecule has 6 heteroatoms. The first kappa shape index (κ1) is 17.4. The van der Waals surface area contributed by atoms with Crippen LogP contribution in [0.2, 0.25) is 0 Å². The minimum Gasteiger partial charge on any atom is -0.462 e. The quantitative estimate of drug-likeness (QED) is 0.498. The summed E-state index contributed by atoms with van der Waals surface area (Å²) in [6.45, 7) is 4.83. The van der Waals surface area contributed by atoms with Gasteiger partial charge in [0.1, 0.15) is 4.83 Å². The van der Waals surface area contributed by atoms with Crippen LogP contribution in [0.15, 0.2) is 40.8 Å². The van der Waals surface area contributed by atoms with E-state index in [4.69, 9.17) is 4.74 Å². The lowest BCUT2D eigenvalue weighted by Gasteiger charge is -2.07. The Bertz CT molecular complexity index is 941.